The number of benzene rings is 2. The Morgan fingerprint density at radius 2 is 1.90 bits per heavy atom. The molecule has 1 aliphatic heterocycles. The van der Waals surface area contributed by atoms with Gasteiger partial charge in [0, 0.05) is 17.8 Å². The molecule has 150 valence electrons. The summed E-state index contributed by atoms with van der Waals surface area (Å²) in [6.45, 7) is 5.06. The first-order valence-electron chi connectivity index (χ1n) is 9.52. The van der Waals surface area contributed by atoms with Crippen LogP contribution in [0.5, 0.6) is 11.5 Å². The number of carbonyl (C=O) groups is 1. The third kappa shape index (κ3) is 4.22. The highest BCUT2D eigenvalue weighted by molar-refractivity contribution is 7.99. The molecule has 29 heavy (non-hydrogen) atoms. The molecule has 4 rings (SSSR count). The second-order valence-electron chi connectivity index (χ2n) is 6.51. The zero-order chi connectivity index (χ0) is 20.2. The number of ether oxygens (including phenoxy) is 2. The van der Waals surface area contributed by atoms with Crippen LogP contribution in [0.4, 0.5) is 5.69 Å². The van der Waals surface area contributed by atoms with Crippen molar-refractivity contribution in [3.63, 3.8) is 0 Å². The Morgan fingerprint density at radius 1 is 1.10 bits per heavy atom. The molecule has 0 atom stereocenters. The van der Waals surface area contributed by atoms with E-state index < -0.39 is 0 Å². The van der Waals surface area contributed by atoms with E-state index in [1.54, 1.807) is 0 Å². The zero-order valence-corrected chi connectivity index (χ0v) is 17.2. The maximum atomic E-state index is 12.3. The van der Waals surface area contributed by atoms with Crippen molar-refractivity contribution in [2.24, 2.45) is 0 Å². The lowest BCUT2D eigenvalue weighted by molar-refractivity contribution is -0.113. The van der Waals surface area contributed by atoms with Crippen molar-refractivity contribution in [1.82, 2.24) is 14.8 Å². The Morgan fingerprint density at radius 3 is 2.66 bits per heavy atom. The van der Waals surface area contributed by atoms with Crippen LogP contribution < -0.4 is 14.8 Å². The summed E-state index contributed by atoms with van der Waals surface area (Å²) in [7, 11) is 0. The van der Waals surface area contributed by atoms with Gasteiger partial charge in [-0.2, -0.15) is 0 Å². The molecule has 0 unspecified atom stereocenters. The molecular formula is C21H22N4O3S. The third-order valence-corrected chi connectivity index (χ3v) is 5.61. The van der Waals surface area contributed by atoms with Crippen LogP contribution >= 0.6 is 11.8 Å². The number of nitrogens with one attached hydrogen (secondary N) is 1. The molecule has 0 spiro atoms. The van der Waals surface area contributed by atoms with Crippen molar-refractivity contribution in [3.05, 3.63) is 48.0 Å². The molecule has 8 heteroatoms. The Labute approximate surface area is 173 Å². The van der Waals surface area contributed by atoms with Gasteiger partial charge in [-0.1, -0.05) is 30.8 Å². The molecule has 1 aromatic heterocycles. The number of aromatic nitrogens is 3. The van der Waals surface area contributed by atoms with Crippen molar-refractivity contribution in [1.29, 1.82) is 0 Å². The smallest absolute Gasteiger partial charge is 0.234 e. The standard InChI is InChI=1S/C21H22N4O3S/c1-3-14-5-8-16(9-6-14)22-19(26)12-29-21-24-23-20(25(21)4-2)15-7-10-17-18(11-15)28-13-27-17/h5-11H,3-4,12-13H2,1-2H3,(H,22,26). The number of hydrogen-bond donors (Lipinski definition) is 1. The van der Waals surface area contributed by atoms with Crippen molar-refractivity contribution >= 4 is 23.4 Å². The number of nitrogens with zero attached hydrogens (tertiary/aromatic N) is 3. The van der Waals surface area contributed by atoms with E-state index >= 15 is 0 Å². The summed E-state index contributed by atoms with van der Waals surface area (Å²) in [6.07, 6.45) is 0.975. The van der Waals surface area contributed by atoms with Crippen molar-refractivity contribution in [2.75, 3.05) is 17.9 Å². The average Bonchev–Trinajstić information content (AvgIpc) is 3.38. The molecule has 3 aromatic rings. The molecule has 2 aromatic carbocycles. The van der Waals surface area contributed by atoms with Gasteiger partial charge in [0.05, 0.1) is 5.75 Å². The van der Waals surface area contributed by atoms with Crippen molar-refractivity contribution < 1.29 is 14.3 Å². The molecule has 7 nitrogen and oxygen atoms in total. The largest absolute Gasteiger partial charge is 0.454 e. The fourth-order valence-electron chi connectivity index (χ4n) is 3.08. The summed E-state index contributed by atoms with van der Waals surface area (Å²) in [5.41, 5.74) is 2.94. The highest BCUT2D eigenvalue weighted by Crippen LogP contribution is 2.36. The van der Waals surface area contributed by atoms with Crippen LogP contribution in [-0.2, 0) is 17.8 Å². The molecule has 2 heterocycles. The van der Waals surface area contributed by atoms with Gasteiger partial charge < -0.3 is 19.4 Å². The van der Waals surface area contributed by atoms with Crippen LogP contribution in [0.3, 0.4) is 0 Å². The monoisotopic (exact) mass is 410 g/mol. The van der Waals surface area contributed by atoms with Gasteiger partial charge in [0.15, 0.2) is 22.5 Å². The summed E-state index contributed by atoms with van der Waals surface area (Å²) in [5, 5.41) is 12.2. The Balaban J connectivity index is 1.43. The number of fused-ring (bicyclic) bond motifs is 1. The summed E-state index contributed by atoms with van der Waals surface area (Å²) >= 11 is 1.37. The van der Waals surface area contributed by atoms with E-state index in [9.17, 15) is 4.79 Å². The molecule has 1 N–H and O–H groups in total. The summed E-state index contributed by atoms with van der Waals surface area (Å²) in [6, 6.07) is 13.6. The van der Waals surface area contributed by atoms with Gasteiger partial charge in [0.1, 0.15) is 0 Å². The van der Waals surface area contributed by atoms with Crippen LogP contribution in [0, 0.1) is 0 Å². The first kappa shape index (κ1) is 19.3. The second kappa shape index (κ2) is 8.57. The molecule has 1 aliphatic rings. The lowest BCUT2D eigenvalue weighted by Gasteiger charge is -2.08. The predicted octanol–water partition coefficient (Wildman–Crippen LogP) is 3.99. The zero-order valence-electron chi connectivity index (χ0n) is 16.3. The van der Waals surface area contributed by atoms with E-state index in [2.05, 4.69) is 22.4 Å². The minimum atomic E-state index is -0.0745. The molecule has 0 bridgehead atoms. The minimum Gasteiger partial charge on any atom is -0.454 e. The molecule has 1 amide bonds. The highest BCUT2D eigenvalue weighted by Gasteiger charge is 2.19. The highest BCUT2D eigenvalue weighted by atomic mass is 32.2. The third-order valence-electron chi connectivity index (χ3n) is 4.64. The maximum absolute atomic E-state index is 12.3. The normalized spacial score (nSPS) is 12.2. The van der Waals surface area contributed by atoms with Crippen LogP contribution in [0.15, 0.2) is 47.6 Å². The van der Waals surface area contributed by atoms with E-state index in [1.807, 2.05) is 54.0 Å². The van der Waals surface area contributed by atoms with Gasteiger partial charge in [-0.25, -0.2) is 0 Å². The van der Waals surface area contributed by atoms with Gasteiger partial charge in [0.25, 0.3) is 0 Å². The van der Waals surface area contributed by atoms with Crippen LogP contribution in [0.2, 0.25) is 0 Å². The number of hydrogen-bond acceptors (Lipinski definition) is 6. The van der Waals surface area contributed by atoms with Gasteiger partial charge >= 0.3 is 0 Å². The fraction of sp³-hybridized carbons (Fsp3) is 0.286. The molecule has 0 saturated carbocycles. The average molecular weight is 410 g/mol. The number of amides is 1. The lowest BCUT2D eigenvalue weighted by atomic mass is 10.1. The Kier molecular flexibility index (Phi) is 5.71. The van der Waals surface area contributed by atoms with Crippen LogP contribution in [0.25, 0.3) is 11.4 Å². The summed E-state index contributed by atoms with van der Waals surface area (Å²) in [5.74, 6) is 2.36. The number of anilines is 1. The first-order chi connectivity index (χ1) is 14.2. The van der Waals surface area contributed by atoms with E-state index in [-0.39, 0.29) is 18.5 Å². The van der Waals surface area contributed by atoms with Gasteiger partial charge in [-0.3, -0.25) is 4.79 Å². The van der Waals surface area contributed by atoms with Crippen LogP contribution in [-0.4, -0.2) is 33.2 Å². The van der Waals surface area contributed by atoms with Crippen molar-refractivity contribution in [2.45, 2.75) is 32.0 Å². The molecule has 0 radical (unpaired) electrons. The fourth-order valence-corrected chi connectivity index (χ4v) is 3.88. The number of aryl methyl sites for hydroxylation is 1. The van der Waals surface area contributed by atoms with Gasteiger partial charge in [0.2, 0.25) is 12.7 Å². The Hall–Kier alpha value is -3.00. The Bertz CT molecular complexity index is 1020. The van der Waals surface area contributed by atoms with Crippen molar-refractivity contribution in [3.8, 4) is 22.9 Å². The number of carbonyl (C=O) groups excluding carboxylic acids is 1. The number of thioether (sulfide) groups is 1. The topological polar surface area (TPSA) is 78.3 Å². The van der Waals surface area contributed by atoms with Crippen LogP contribution in [0.1, 0.15) is 19.4 Å². The predicted molar refractivity (Wildman–Crippen MR) is 112 cm³/mol. The molecule has 0 saturated heterocycles. The molecule has 0 aliphatic carbocycles. The first-order valence-corrected chi connectivity index (χ1v) is 10.5. The second-order valence-corrected chi connectivity index (χ2v) is 7.45. The summed E-state index contributed by atoms with van der Waals surface area (Å²) in [4.78, 5) is 12.3. The quantitative estimate of drug-likeness (QED) is 0.594. The van der Waals surface area contributed by atoms with E-state index in [1.165, 1.54) is 17.3 Å². The molecular weight excluding hydrogens is 388 g/mol. The number of rotatable bonds is 7. The van der Waals surface area contributed by atoms with Gasteiger partial charge in [-0.05, 0) is 49.2 Å². The van der Waals surface area contributed by atoms with E-state index in [0.29, 0.717) is 17.5 Å². The minimum absolute atomic E-state index is 0.0745. The maximum Gasteiger partial charge on any atom is 0.234 e. The SMILES string of the molecule is CCc1ccc(NC(=O)CSc2nnc(-c3ccc4c(c3)OCO4)n2CC)cc1. The lowest BCUT2D eigenvalue weighted by Crippen LogP contribution is -2.14. The van der Waals surface area contributed by atoms with E-state index in [4.69, 9.17) is 9.47 Å². The summed E-state index contributed by atoms with van der Waals surface area (Å²) < 4.78 is 12.8. The van der Waals surface area contributed by atoms with E-state index in [0.717, 1.165) is 29.2 Å². The molecule has 0 fully saturated rings. The van der Waals surface area contributed by atoms with Gasteiger partial charge in [-0.15, -0.1) is 10.2 Å².